The number of hydrogen-bond donors (Lipinski definition) is 1. The average molecular weight is 326 g/mol. The lowest BCUT2D eigenvalue weighted by Gasteiger charge is -2.29. The van der Waals surface area contributed by atoms with Crippen LogP contribution in [0, 0.1) is 10.1 Å². The Bertz CT molecular complexity index is 761. The summed E-state index contributed by atoms with van der Waals surface area (Å²) >= 11 is 0. The normalized spacial score (nSPS) is 14.8. The number of rotatable bonds is 4. The van der Waals surface area contributed by atoms with Crippen molar-refractivity contribution in [3.63, 3.8) is 0 Å². The molecular formula is C18H18N2O4. The van der Waals surface area contributed by atoms with Crippen LogP contribution in [0.15, 0.2) is 48.5 Å². The number of carbonyl (C=O) groups excluding carboxylic acids is 1. The molecule has 1 aliphatic heterocycles. The van der Waals surface area contributed by atoms with Crippen LogP contribution in [0.5, 0.6) is 0 Å². The van der Waals surface area contributed by atoms with Crippen LogP contribution in [0.4, 0.5) is 5.69 Å². The predicted octanol–water partition coefficient (Wildman–Crippen LogP) is 2.60. The number of aliphatic hydroxyl groups excluding tert-OH is 1. The van der Waals surface area contributed by atoms with Crippen LogP contribution in [-0.2, 0) is 17.8 Å². The molecule has 1 unspecified atom stereocenters. The standard InChI is InChI=1S/C18H18N2O4/c21-17(13-5-2-1-3-6-13)11-18(22)19-10-9-15-14(12-19)7-4-8-16(15)20(23)24/h1-8,17,21H,9-12H2. The van der Waals surface area contributed by atoms with Gasteiger partial charge in [-0.1, -0.05) is 42.5 Å². The molecule has 6 heteroatoms. The summed E-state index contributed by atoms with van der Waals surface area (Å²) in [5, 5.41) is 21.3. The van der Waals surface area contributed by atoms with Gasteiger partial charge in [0, 0.05) is 24.7 Å². The first-order chi connectivity index (χ1) is 11.6. The van der Waals surface area contributed by atoms with E-state index in [2.05, 4.69) is 0 Å². The van der Waals surface area contributed by atoms with Crippen LogP contribution in [-0.4, -0.2) is 27.4 Å². The Morgan fingerprint density at radius 2 is 1.96 bits per heavy atom. The van der Waals surface area contributed by atoms with Gasteiger partial charge in [0.15, 0.2) is 0 Å². The van der Waals surface area contributed by atoms with Crippen molar-refractivity contribution in [3.05, 3.63) is 75.3 Å². The highest BCUT2D eigenvalue weighted by Crippen LogP contribution is 2.28. The van der Waals surface area contributed by atoms with Gasteiger partial charge in [0.2, 0.25) is 5.91 Å². The van der Waals surface area contributed by atoms with Gasteiger partial charge < -0.3 is 10.0 Å². The van der Waals surface area contributed by atoms with E-state index >= 15 is 0 Å². The Hall–Kier alpha value is -2.73. The molecule has 124 valence electrons. The van der Waals surface area contributed by atoms with E-state index < -0.39 is 6.10 Å². The lowest BCUT2D eigenvalue weighted by molar-refractivity contribution is -0.385. The van der Waals surface area contributed by atoms with Crippen LogP contribution in [0.2, 0.25) is 0 Å². The SMILES string of the molecule is O=C(CC(O)c1ccccc1)N1CCc2c(cccc2[N+](=O)[O-])C1. The van der Waals surface area contributed by atoms with E-state index in [1.54, 1.807) is 23.1 Å². The van der Waals surface area contributed by atoms with E-state index in [9.17, 15) is 20.0 Å². The van der Waals surface area contributed by atoms with Crippen LogP contribution in [0.3, 0.4) is 0 Å². The number of nitrogens with zero attached hydrogens (tertiary/aromatic N) is 2. The summed E-state index contributed by atoms with van der Waals surface area (Å²) < 4.78 is 0. The lowest BCUT2D eigenvalue weighted by atomic mass is 9.97. The third-order valence-electron chi connectivity index (χ3n) is 4.34. The number of fused-ring (bicyclic) bond motifs is 1. The molecule has 0 bridgehead atoms. The van der Waals surface area contributed by atoms with Crippen molar-refractivity contribution >= 4 is 11.6 Å². The number of carbonyl (C=O) groups is 1. The minimum Gasteiger partial charge on any atom is -0.388 e. The van der Waals surface area contributed by atoms with Crippen molar-refractivity contribution in [2.75, 3.05) is 6.54 Å². The van der Waals surface area contributed by atoms with Gasteiger partial charge in [0.1, 0.15) is 0 Å². The summed E-state index contributed by atoms with van der Waals surface area (Å²) in [4.78, 5) is 24.8. The number of amides is 1. The van der Waals surface area contributed by atoms with Gasteiger partial charge in [-0.05, 0) is 17.5 Å². The fraction of sp³-hybridized carbons (Fsp3) is 0.278. The maximum atomic E-state index is 12.4. The zero-order chi connectivity index (χ0) is 17.1. The monoisotopic (exact) mass is 326 g/mol. The molecular weight excluding hydrogens is 308 g/mol. The van der Waals surface area contributed by atoms with E-state index in [4.69, 9.17) is 0 Å². The first kappa shape index (κ1) is 16.1. The van der Waals surface area contributed by atoms with E-state index in [-0.39, 0.29) is 22.9 Å². The Labute approximate surface area is 139 Å². The van der Waals surface area contributed by atoms with Crippen molar-refractivity contribution in [2.24, 2.45) is 0 Å². The maximum absolute atomic E-state index is 12.4. The molecule has 1 aliphatic rings. The number of nitro groups is 1. The highest BCUT2D eigenvalue weighted by molar-refractivity contribution is 5.77. The third-order valence-corrected chi connectivity index (χ3v) is 4.34. The van der Waals surface area contributed by atoms with Crippen molar-refractivity contribution < 1.29 is 14.8 Å². The lowest BCUT2D eigenvalue weighted by Crippen LogP contribution is -2.36. The van der Waals surface area contributed by atoms with Crippen LogP contribution >= 0.6 is 0 Å². The third kappa shape index (κ3) is 3.28. The van der Waals surface area contributed by atoms with Crippen LogP contribution in [0.25, 0.3) is 0 Å². The fourth-order valence-electron chi connectivity index (χ4n) is 3.06. The Morgan fingerprint density at radius 3 is 2.67 bits per heavy atom. The fourth-order valence-corrected chi connectivity index (χ4v) is 3.06. The molecule has 0 aliphatic carbocycles. The zero-order valence-electron chi connectivity index (χ0n) is 13.1. The van der Waals surface area contributed by atoms with Gasteiger partial charge in [-0.15, -0.1) is 0 Å². The summed E-state index contributed by atoms with van der Waals surface area (Å²) in [5.74, 6) is -0.150. The van der Waals surface area contributed by atoms with E-state index in [1.165, 1.54) is 6.07 Å². The number of hydrogen-bond acceptors (Lipinski definition) is 4. The van der Waals surface area contributed by atoms with E-state index in [0.29, 0.717) is 30.6 Å². The minimum absolute atomic E-state index is 0.00821. The van der Waals surface area contributed by atoms with Crippen LogP contribution < -0.4 is 0 Å². The molecule has 0 radical (unpaired) electrons. The van der Waals surface area contributed by atoms with Gasteiger partial charge >= 0.3 is 0 Å². The molecule has 0 aromatic heterocycles. The Morgan fingerprint density at radius 1 is 1.21 bits per heavy atom. The molecule has 0 saturated heterocycles. The molecule has 1 heterocycles. The number of aliphatic hydroxyl groups is 1. The van der Waals surface area contributed by atoms with Crippen LogP contribution in [0.1, 0.15) is 29.2 Å². The van der Waals surface area contributed by atoms with Gasteiger partial charge in [-0.2, -0.15) is 0 Å². The summed E-state index contributed by atoms with van der Waals surface area (Å²) in [6, 6.07) is 14.0. The van der Waals surface area contributed by atoms with E-state index in [1.807, 2.05) is 24.3 Å². The summed E-state index contributed by atoms with van der Waals surface area (Å²) in [6.07, 6.45) is -0.376. The topological polar surface area (TPSA) is 83.7 Å². The van der Waals surface area contributed by atoms with Gasteiger partial charge in [-0.25, -0.2) is 0 Å². The second kappa shape index (κ2) is 6.80. The Balaban J connectivity index is 1.70. The van der Waals surface area contributed by atoms with Gasteiger partial charge in [0.05, 0.1) is 17.4 Å². The molecule has 0 fully saturated rings. The van der Waals surface area contributed by atoms with Crippen molar-refractivity contribution in [1.29, 1.82) is 0 Å². The molecule has 1 amide bonds. The summed E-state index contributed by atoms with van der Waals surface area (Å²) in [7, 11) is 0. The molecule has 2 aromatic rings. The molecule has 0 saturated carbocycles. The zero-order valence-corrected chi connectivity index (χ0v) is 13.1. The number of benzene rings is 2. The van der Waals surface area contributed by atoms with Crippen molar-refractivity contribution in [3.8, 4) is 0 Å². The second-order valence-electron chi connectivity index (χ2n) is 5.87. The highest BCUT2D eigenvalue weighted by atomic mass is 16.6. The Kier molecular flexibility index (Phi) is 4.57. The predicted molar refractivity (Wildman–Crippen MR) is 88.2 cm³/mol. The van der Waals surface area contributed by atoms with Crippen molar-refractivity contribution in [2.45, 2.75) is 25.5 Å². The largest absolute Gasteiger partial charge is 0.388 e. The first-order valence-electron chi connectivity index (χ1n) is 7.82. The van der Waals surface area contributed by atoms with Gasteiger partial charge in [-0.3, -0.25) is 14.9 Å². The van der Waals surface area contributed by atoms with E-state index in [0.717, 1.165) is 5.56 Å². The maximum Gasteiger partial charge on any atom is 0.272 e. The molecule has 6 nitrogen and oxygen atoms in total. The molecule has 24 heavy (non-hydrogen) atoms. The molecule has 0 spiro atoms. The molecule has 1 N–H and O–H groups in total. The summed E-state index contributed by atoms with van der Waals surface area (Å²) in [5.41, 5.74) is 2.33. The minimum atomic E-state index is -0.842. The smallest absolute Gasteiger partial charge is 0.272 e. The second-order valence-corrected chi connectivity index (χ2v) is 5.87. The first-order valence-corrected chi connectivity index (χ1v) is 7.82. The van der Waals surface area contributed by atoms with Crippen molar-refractivity contribution in [1.82, 2.24) is 4.90 Å². The molecule has 1 atom stereocenters. The number of nitro benzene ring substituents is 1. The average Bonchev–Trinajstić information content (AvgIpc) is 2.61. The quantitative estimate of drug-likeness (QED) is 0.691. The summed E-state index contributed by atoms with van der Waals surface area (Å²) in [6.45, 7) is 0.773. The molecule has 2 aromatic carbocycles. The van der Waals surface area contributed by atoms with Gasteiger partial charge in [0.25, 0.3) is 5.69 Å². The highest BCUT2D eigenvalue weighted by Gasteiger charge is 2.27. The molecule has 3 rings (SSSR count).